The number of nitrogens with zero attached hydrogens (tertiary/aromatic N) is 3. The van der Waals surface area contributed by atoms with Gasteiger partial charge < -0.3 is 9.42 Å². The number of carbonyl (C=O) groups excluding carboxylic acids is 2. The van der Waals surface area contributed by atoms with E-state index in [4.69, 9.17) is 4.52 Å². The Morgan fingerprint density at radius 2 is 1.81 bits per heavy atom. The molecular weight excluding hydrogens is 344 g/mol. The quantitative estimate of drug-likeness (QED) is 0.788. The molecule has 1 aromatic heterocycles. The number of benzene rings is 1. The largest absolute Gasteiger partial charge is 0.369 e. The number of piperazine rings is 1. The summed E-state index contributed by atoms with van der Waals surface area (Å²) in [6.07, 6.45) is 0. The lowest BCUT2D eigenvalue weighted by molar-refractivity contribution is -0.117. The molecule has 0 saturated carbocycles. The Hall–Kier alpha value is -2.67. The Balaban J connectivity index is 1.47. The number of nitrogens with one attached hydrogen (secondary N) is 1. The molecule has 0 radical (unpaired) electrons. The lowest BCUT2D eigenvalue weighted by Crippen LogP contribution is -2.48. The first kappa shape index (κ1) is 19.1. The van der Waals surface area contributed by atoms with Crippen LogP contribution in [0.15, 0.2) is 34.9 Å². The van der Waals surface area contributed by atoms with Crippen molar-refractivity contribution < 1.29 is 14.1 Å². The summed E-state index contributed by atoms with van der Waals surface area (Å²) in [4.78, 5) is 28.0. The number of aromatic nitrogens is 1. The lowest BCUT2D eigenvalue weighted by atomic mass is 10.1. The molecule has 1 saturated heterocycles. The van der Waals surface area contributed by atoms with Gasteiger partial charge in [-0.15, -0.1) is 0 Å². The molecule has 1 aromatic carbocycles. The molecule has 0 unspecified atom stereocenters. The van der Waals surface area contributed by atoms with Crippen LogP contribution >= 0.6 is 0 Å². The molecule has 1 aliphatic rings. The Morgan fingerprint density at radius 3 is 2.37 bits per heavy atom. The molecule has 2 heterocycles. The second kappa shape index (κ2) is 8.35. The summed E-state index contributed by atoms with van der Waals surface area (Å²) < 4.78 is 5.15. The van der Waals surface area contributed by atoms with E-state index in [0.29, 0.717) is 12.4 Å². The Labute approximate surface area is 159 Å². The molecule has 1 N–H and O–H groups in total. The van der Waals surface area contributed by atoms with Crippen LogP contribution in [0, 0.1) is 0 Å². The van der Waals surface area contributed by atoms with Gasteiger partial charge in [0.15, 0.2) is 5.78 Å². The van der Waals surface area contributed by atoms with Crippen molar-refractivity contribution in [3.63, 3.8) is 0 Å². The van der Waals surface area contributed by atoms with E-state index < -0.39 is 0 Å². The van der Waals surface area contributed by atoms with Crippen LogP contribution in [0.1, 0.15) is 42.7 Å². The molecule has 0 aliphatic carbocycles. The molecule has 0 bridgehead atoms. The van der Waals surface area contributed by atoms with Crippen LogP contribution in [0.5, 0.6) is 0 Å². The van der Waals surface area contributed by atoms with Crippen LogP contribution in [0.4, 0.5) is 11.6 Å². The summed E-state index contributed by atoms with van der Waals surface area (Å²) in [5.74, 6) is 0.634. The molecule has 3 rings (SSSR count). The highest BCUT2D eigenvalue weighted by molar-refractivity contribution is 5.94. The monoisotopic (exact) mass is 370 g/mol. The fourth-order valence-corrected chi connectivity index (χ4v) is 3.07. The molecule has 2 aromatic rings. The smallest absolute Gasteiger partial charge is 0.240 e. The van der Waals surface area contributed by atoms with E-state index >= 15 is 0 Å². The molecular formula is C20H26N4O3. The maximum absolute atomic E-state index is 12.2. The van der Waals surface area contributed by atoms with Crippen LogP contribution in [0.3, 0.4) is 0 Å². The zero-order valence-electron chi connectivity index (χ0n) is 16.1. The molecule has 0 atom stereocenters. The van der Waals surface area contributed by atoms with Crippen molar-refractivity contribution in [2.45, 2.75) is 26.7 Å². The average Bonchev–Trinajstić information content (AvgIpc) is 3.11. The van der Waals surface area contributed by atoms with Crippen molar-refractivity contribution in [3.8, 4) is 0 Å². The number of rotatable bonds is 6. The number of carbonyl (C=O) groups is 2. The van der Waals surface area contributed by atoms with Crippen LogP contribution in [0.2, 0.25) is 0 Å². The second-order valence-corrected chi connectivity index (χ2v) is 7.19. The first-order valence-corrected chi connectivity index (χ1v) is 9.27. The van der Waals surface area contributed by atoms with Crippen LogP contribution in [-0.4, -0.2) is 54.5 Å². The SMILES string of the molecule is CC(=O)c1ccc(N2CCN(CC(=O)Nc3cc(C(C)C)no3)CC2)cc1. The first-order valence-electron chi connectivity index (χ1n) is 9.27. The van der Waals surface area contributed by atoms with Gasteiger partial charge >= 0.3 is 0 Å². The Kier molecular flexibility index (Phi) is 5.91. The van der Waals surface area contributed by atoms with Gasteiger partial charge in [0.05, 0.1) is 12.2 Å². The number of ketones is 1. The topological polar surface area (TPSA) is 78.7 Å². The van der Waals surface area contributed by atoms with Crippen molar-refractivity contribution in [2.24, 2.45) is 0 Å². The van der Waals surface area contributed by atoms with Gasteiger partial charge in [-0.05, 0) is 37.1 Å². The molecule has 7 nitrogen and oxygen atoms in total. The van der Waals surface area contributed by atoms with Gasteiger partial charge in [-0.2, -0.15) is 0 Å². The first-order chi connectivity index (χ1) is 12.9. The van der Waals surface area contributed by atoms with Gasteiger partial charge in [0.1, 0.15) is 0 Å². The van der Waals surface area contributed by atoms with Crippen molar-refractivity contribution in [2.75, 3.05) is 42.9 Å². The fourth-order valence-electron chi connectivity index (χ4n) is 3.07. The van der Waals surface area contributed by atoms with Crippen LogP contribution in [-0.2, 0) is 4.79 Å². The highest BCUT2D eigenvalue weighted by Gasteiger charge is 2.20. The average molecular weight is 370 g/mol. The van der Waals surface area contributed by atoms with E-state index in [9.17, 15) is 9.59 Å². The Bertz CT molecular complexity index is 790. The maximum Gasteiger partial charge on any atom is 0.240 e. The van der Waals surface area contributed by atoms with Crippen molar-refractivity contribution in [3.05, 3.63) is 41.6 Å². The number of Topliss-reactive ketones (excluding diaryl/α,β-unsaturated/α-hetero) is 1. The lowest BCUT2D eigenvalue weighted by Gasteiger charge is -2.35. The van der Waals surface area contributed by atoms with Gasteiger partial charge in [-0.3, -0.25) is 19.8 Å². The highest BCUT2D eigenvalue weighted by Crippen LogP contribution is 2.19. The molecule has 1 amide bonds. The number of anilines is 2. The fraction of sp³-hybridized carbons (Fsp3) is 0.450. The van der Waals surface area contributed by atoms with Gasteiger partial charge in [-0.25, -0.2) is 0 Å². The predicted octanol–water partition coefficient (Wildman–Crippen LogP) is 2.76. The third-order valence-corrected chi connectivity index (χ3v) is 4.76. The van der Waals surface area contributed by atoms with Crippen molar-refractivity contribution in [1.29, 1.82) is 0 Å². The minimum Gasteiger partial charge on any atom is -0.369 e. The molecule has 1 fully saturated rings. The summed E-state index contributed by atoms with van der Waals surface area (Å²) in [5.41, 5.74) is 2.66. The van der Waals surface area contributed by atoms with Crippen LogP contribution in [0.25, 0.3) is 0 Å². The highest BCUT2D eigenvalue weighted by atomic mass is 16.5. The minimum absolute atomic E-state index is 0.0738. The third-order valence-electron chi connectivity index (χ3n) is 4.76. The predicted molar refractivity (Wildman–Crippen MR) is 104 cm³/mol. The molecule has 144 valence electrons. The van der Waals surface area contributed by atoms with Gasteiger partial charge in [0.2, 0.25) is 11.8 Å². The van der Waals surface area contributed by atoms with E-state index in [-0.39, 0.29) is 17.6 Å². The summed E-state index contributed by atoms with van der Waals surface area (Å²) in [7, 11) is 0. The van der Waals surface area contributed by atoms with E-state index in [0.717, 1.165) is 43.1 Å². The molecule has 27 heavy (non-hydrogen) atoms. The van der Waals surface area contributed by atoms with Crippen LogP contribution < -0.4 is 10.2 Å². The number of hydrogen-bond acceptors (Lipinski definition) is 6. The zero-order chi connectivity index (χ0) is 19.4. The maximum atomic E-state index is 12.2. The summed E-state index contributed by atoms with van der Waals surface area (Å²) >= 11 is 0. The standard InChI is InChI=1S/C20H26N4O3/c1-14(2)18-12-20(27-22-18)21-19(26)13-23-8-10-24(11-9-23)17-6-4-16(5-7-17)15(3)25/h4-7,12,14H,8-11,13H2,1-3H3,(H,21,26). The van der Waals surface area contributed by atoms with E-state index in [1.165, 1.54) is 0 Å². The van der Waals surface area contributed by atoms with Crippen molar-refractivity contribution >= 4 is 23.3 Å². The van der Waals surface area contributed by atoms with E-state index in [2.05, 4.69) is 20.3 Å². The summed E-state index contributed by atoms with van der Waals surface area (Å²) in [6.45, 7) is 9.23. The van der Waals surface area contributed by atoms with E-state index in [1.54, 1.807) is 13.0 Å². The number of amides is 1. The molecule has 1 aliphatic heterocycles. The minimum atomic E-state index is -0.0966. The number of hydrogen-bond donors (Lipinski definition) is 1. The third kappa shape index (κ3) is 4.95. The van der Waals surface area contributed by atoms with Gasteiger partial charge in [0, 0.05) is 43.5 Å². The van der Waals surface area contributed by atoms with Gasteiger partial charge in [0.25, 0.3) is 0 Å². The summed E-state index contributed by atoms with van der Waals surface area (Å²) in [6, 6.07) is 9.45. The normalized spacial score (nSPS) is 15.2. The van der Waals surface area contributed by atoms with Gasteiger partial charge in [-0.1, -0.05) is 19.0 Å². The van der Waals surface area contributed by atoms with E-state index in [1.807, 2.05) is 38.1 Å². The Morgan fingerprint density at radius 1 is 1.15 bits per heavy atom. The molecule has 7 heteroatoms. The second-order valence-electron chi connectivity index (χ2n) is 7.19. The zero-order valence-corrected chi connectivity index (χ0v) is 16.1. The molecule has 0 spiro atoms. The van der Waals surface area contributed by atoms with Crippen molar-refractivity contribution in [1.82, 2.24) is 10.1 Å². The summed E-state index contributed by atoms with van der Waals surface area (Å²) in [5, 5.41) is 6.71.